The molecule has 1 heterocycles. The number of hydrogen-bond donors (Lipinski definition) is 1. The maximum Gasteiger partial charge on any atom is 0.344 e. The molecule has 1 aromatic heterocycles. The number of aromatic nitrogens is 1. The zero-order chi connectivity index (χ0) is 19.7. The topological polar surface area (TPSA) is 15.9 Å². The summed E-state index contributed by atoms with van der Waals surface area (Å²) in [5.41, 5.74) is 6.51. The Morgan fingerprint density at radius 1 is 0.857 bits per heavy atom. The molecule has 0 bridgehead atoms. The smallest absolute Gasteiger partial charge is 0.231 e. The van der Waals surface area contributed by atoms with Gasteiger partial charge in [0.15, 0.2) is 5.69 Å². The molecule has 1 N–H and O–H groups in total. The Hall–Kier alpha value is -2.33. The third kappa shape index (κ3) is 3.93. The molecule has 0 amide bonds. The largest absolute Gasteiger partial charge is 0.344 e. The SMILES string of the molecule is Cc1cccc(Nc2scc(-c3ccc(Cl)cc3Cl)[n+]2-c2cccc(C)c2)c1. The number of thiazole rings is 1. The van der Waals surface area contributed by atoms with Crippen LogP contribution in [0.1, 0.15) is 11.1 Å². The van der Waals surface area contributed by atoms with Crippen LogP contribution in [0.5, 0.6) is 0 Å². The second-order valence-corrected chi connectivity index (χ2v) is 8.42. The first-order valence-corrected chi connectivity index (χ1v) is 10.5. The van der Waals surface area contributed by atoms with Crippen LogP contribution in [0.4, 0.5) is 10.8 Å². The first kappa shape index (κ1) is 19.0. The molecule has 0 atom stereocenters. The van der Waals surface area contributed by atoms with Crippen molar-refractivity contribution in [2.75, 3.05) is 5.32 Å². The minimum absolute atomic E-state index is 0.629. The molecule has 5 heteroatoms. The van der Waals surface area contributed by atoms with Crippen molar-refractivity contribution in [3.8, 4) is 16.9 Å². The molecule has 4 aromatic rings. The lowest BCUT2D eigenvalue weighted by molar-refractivity contribution is -0.563. The Morgan fingerprint density at radius 3 is 2.32 bits per heavy atom. The Labute approximate surface area is 179 Å². The summed E-state index contributed by atoms with van der Waals surface area (Å²) >= 11 is 14.3. The molecule has 2 nitrogen and oxygen atoms in total. The number of benzene rings is 3. The fourth-order valence-electron chi connectivity index (χ4n) is 3.16. The van der Waals surface area contributed by atoms with Crippen LogP contribution in [-0.2, 0) is 0 Å². The fraction of sp³-hybridized carbons (Fsp3) is 0.0870. The van der Waals surface area contributed by atoms with Gasteiger partial charge in [-0.2, -0.15) is 4.57 Å². The highest BCUT2D eigenvalue weighted by molar-refractivity contribution is 7.13. The molecule has 140 valence electrons. The van der Waals surface area contributed by atoms with Gasteiger partial charge in [0.25, 0.3) is 0 Å². The van der Waals surface area contributed by atoms with E-state index in [9.17, 15) is 0 Å². The standard InChI is InChI=1S/C23H18Cl2N2S/c1-15-5-3-7-18(11-15)26-23-27(19-8-4-6-16(2)12-19)22(14-28-23)20-10-9-17(24)13-21(20)25/h3-14H,1-2H3/p+1. The summed E-state index contributed by atoms with van der Waals surface area (Å²) in [6, 6.07) is 22.4. The van der Waals surface area contributed by atoms with Crippen molar-refractivity contribution >= 4 is 45.4 Å². The lowest BCUT2D eigenvalue weighted by atomic mass is 10.1. The van der Waals surface area contributed by atoms with Gasteiger partial charge in [-0.25, -0.2) is 5.32 Å². The number of nitrogens with one attached hydrogen (secondary N) is 1. The lowest BCUT2D eigenvalue weighted by Gasteiger charge is -2.08. The summed E-state index contributed by atoms with van der Waals surface area (Å²) in [6.45, 7) is 4.19. The van der Waals surface area contributed by atoms with E-state index in [4.69, 9.17) is 23.2 Å². The number of halogens is 2. The van der Waals surface area contributed by atoms with Gasteiger partial charge in [-0.1, -0.05) is 58.8 Å². The maximum absolute atomic E-state index is 6.53. The third-order valence-electron chi connectivity index (χ3n) is 4.46. The Morgan fingerprint density at radius 2 is 1.61 bits per heavy atom. The second-order valence-electron chi connectivity index (χ2n) is 6.72. The van der Waals surface area contributed by atoms with E-state index in [1.54, 1.807) is 17.4 Å². The van der Waals surface area contributed by atoms with Crippen LogP contribution in [-0.4, -0.2) is 0 Å². The second kappa shape index (κ2) is 7.96. The Bertz CT molecular complexity index is 1150. The van der Waals surface area contributed by atoms with Gasteiger partial charge >= 0.3 is 5.13 Å². The van der Waals surface area contributed by atoms with Crippen molar-refractivity contribution in [3.63, 3.8) is 0 Å². The Kier molecular flexibility index (Phi) is 5.40. The number of anilines is 2. The molecule has 0 saturated carbocycles. The van der Waals surface area contributed by atoms with Crippen LogP contribution in [0.2, 0.25) is 10.0 Å². The minimum Gasteiger partial charge on any atom is -0.231 e. The zero-order valence-corrected chi connectivity index (χ0v) is 17.9. The average Bonchev–Trinajstić information content (AvgIpc) is 3.05. The fourth-order valence-corrected chi connectivity index (χ4v) is 4.61. The van der Waals surface area contributed by atoms with Gasteiger partial charge in [-0.05, 0) is 67.4 Å². The van der Waals surface area contributed by atoms with E-state index in [0.29, 0.717) is 10.0 Å². The lowest BCUT2D eigenvalue weighted by Crippen LogP contribution is -2.33. The highest BCUT2D eigenvalue weighted by Crippen LogP contribution is 2.33. The predicted molar refractivity (Wildman–Crippen MR) is 121 cm³/mol. The van der Waals surface area contributed by atoms with Gasteiger partial charge in [0.05, 0.1) is 5.02 Å². The summed E-state index contributed by atoms with van der Waals surface area (Å²) < 4.78 is 2.20. The van der Waals surface area contributed by atoms with E-state index in [1.165, 1.54) is 11.1 Å². The molecule has 0 fully saturated rings. The predicted octanol–water partition coefficient (Wildman–Crippen LogP) is 7.36. The summed E-state index contributed by atoms with van der Waals surface area (Å²) in [7, 11) is 0. The van der Waals surface area contributed by atoms with Crippen LogP contribution >= 0.6 is 34.5 Å². The van der Waals surface area contributed by atoms with Crippen LogP contribution in [0.15, 0.2) is 72.1 Å². The van der Waals surface area contributed by atoms with Gasteiger partial charge in [0.2, 0.25) is 0 Å². The summed E-state index contributed by atoms with van der Waals surface area (Å²) in [5, 5.41) is 7.96. The minimum atomic E-state index is 0.629. The molecule has 3 aromatic carbocycles. The molecule has 4 rings (SSSR count). The number of hydrogen-bond acceptors (Lipinski definition) is 2. The van der Waals surface area contributed by atoms with Gasteiger partial charge in [-0.3, -0.25) is 0 Å². The van der Waals surface area contributed by atoms with Gasteiger partial charge in [0, 0.05) is 16.0 Å². The number of aryl methyl sites for hydroxylation is 2. The van der Waals surface area contributed by atoms with Crippen LogP contribution in [0.25, 0.3) is 16.9 Å². The van der Waals surface area contributed by atoms with Crippen molar-refractivity contribution in [2.45, 2.75) is 13.8 Å². The van der Waals surface area contributed by atoms with E-state index in [0.717, 1.165) is 27.8 Å². The first-order valence-electron chi connectivity index (χ1n) is 8.91. The number of nitrogens with zero attached hydrogens (tertiary/aromatic N) is 1. The van der Waals surface area contributed by atoms with Crippen molar-refractivity contribution in [3.05, 3.63) is 93.3 Å². The van der Waals surface area contributed by atoms with Gasteiger partial charge in [0.1, 0.15) is 11.4 Å². The van der Waals surface area contributed by atoms with E-state index >= 15 is 0 Å². The van der Waals surface area contributed by atoms with Gasteiger partial charge < -0.3 is 0 Å². The molecular formula is C23H19Cl2N2S+. The van der Waals surface area contributed by atoms with Crippen LogP contribution in [0.3, 0.4) is 0 Å². The van der Waals surface area contributed by atoms with Crippen LogP contribution in [0, 0.1) is 13.8 Å². The van der Waals surface area contributed by atoms with Crippen molar-refractivity contribution in [1.82, 2.24) is 0 Å². The highest BCUT2D eigenvalue weighted by Gasteiger charge is 2.23. The molecule has 0 spiro atoms. The molecule has 0 aliphatic carbocycles. The average molecular weight is 426 g/mol. The molecular weight excluding hydrogens is 407 g/mol. The van der Waals surface area contributed by atoms with Crippen molar-refractivity contribution < 1.29 is 4.57 Å². The molecule has 0 aliphatic rings. The summed E-state index contributed by atoms with van der Waals surface area (Å²) in [4.78, 5) is 0. The summed E-state index contributed by atoms with van der Waals surface area (Å²) in [5.74, 6) is 0. The molecule has 0 saturated heterocycles. The normalized spacial score (nSPS) is 10.9. The molecule has 0 aliphatic heterocycles. The number of rotatable bonds is 4. The maximum atomic E-state index is 6.53. The van der Waals surface area contributed by atoms with Crippen molar-refractivity contribution in [1.29, 1.82) is 0 Å². The molecule has 28 heavy (non-hydrogen) atoms. The third-order valence-corrected chi connectivity index (χ3v) is 5.86. The molecule has 0 unspecified atom stereocenters. The summed E-state index contributed by atoms with van der Waals surface area (Å²) in [6.07, 6.45) is 0. The van der Waals surface area contributed by atoms with E-state index in [2.05, 4.69) is 77.6 Å². The van der Waals surface area contributed by atoms with Crippen molar-refractivity contribution in [2.24, 2.45) is 0 Å². The first-order chi connectivity index (χ1) is 13.5. The van der Waals surface area contributed by atoms with Crippen LogP contribution < -0.4 is 9.88 Å². The monoisotopic (exact) mass is 425 g/mol. The molecule has 0 radical (unpaired) electrons. The quantitative estimate of drug-likeness (QED) is 0.337. The van der Waals surface area contributed by atoms with E-state index in [1.807, 2.05) is 12.1 Å². The van der Waals surface area contributed by atoms with E-state index in [-0.39, 0.29) is 0 Å². The Balaban J connectivity index is 1.88. The van der Waals surface area contributed by atoms with E-state index < -0.39 is 0 Å². The zero-order valence-electron chi connectivity index (χ0n) is 15.5. The highest BCUT2D eigenvalue weighted by atomic mass is 35.5. The van der Waals surface area contributed by atoms with Gasteiger partial charge in [-0.15, -0.1) is 0 Å².